The van der Waals surface area contributed by atoms with Crippen LogP contribution in [0.25, 0.3) is 0 Å². The van der Waals surface area contributed by atoms with Crippen molar-refractivity contribution in [3.63, 3.8) is 0 Å². The molecule has 1 heterocycles. The lowest BCUT2D eigenvalue weighted by Crippen LogP contribution is -2.25. The number of fused-ring (bicyclic) bond motifs is 1. The van der Waals surface area contributed by atoms with Crippen molar-refractivity contribution in [1.82, 2.24) is 0 Å². The average Bonchev–Trinajstić information content (AvgIpc) is 2.90. The lowest BCUT2D eigenvalue weighted by atomic mass is 9.98. The minimum absolute atomic E-state index is 0.0278. The highest BCUT2D eigenvalue weighted by Gasteiger charge is 2.30. The van der Waals surface area contributed by atoms with Crippen LogP contribution in [0.5, 0.6) is 11.5 Å². The Morgan fingerprint density at radius 1 is 1.19 bits per heavy atom. The predicted octanol–water partition coefficient (Wildman–Crippen LogP) is 3.50. The second kappa shape index (κ2) is 5.24. The van der Waals surface area contributed by atoms with Gasteiger partial charge in [-0.1, -0.05) is 18.2 Å². The van der Waals surface area contributed by atoms with E-state index in [1.807, 2.05) is 50.2 Å². The summed E-state index contributed by atoms with van der Waals surface area (Å²) in [5.74, 6) is 1.68. The monoisotopic (exact) mass is 282 g/mol. The van der Waals surface area contributed by atoms with Gasteiger partial charge in [-0.05, 0) is 48.7 Å². The van der Waals surface area contributed by atoms with Gasteiger partial charge >= 0.3 is 0 Å². The summed E-state index contributed by atoms with van der Waals surface area (Å²) in [6.45, 7) is 3.90. The summed E-state index contributed by atoms with van der Waals surface area (Å²) in [5.41, 5.74) is 3.72. The number of hydrogen-bond acceptors (Lipinski definition) is 3. The van der Waals surface area contributed by atoms with Crippen LogP contribution in [0.4, 0.5) is 0 Å². The number of ketones is 1. The number of hydrogen-bond donors (Lipinski definition) is 0. The van der Waals surface area contributed by atoms with Crippen LogP contribution >= 0.6 is 0 Å². The fourth-order valence-corrected chi connectivity index (χ4v) is 2.93. The summed E-state index contributed by atoms with van der Waals surface area (Å²) in [6, 6.07) is 11.6. The summed E-state index contributed by atoms with van der Waals surface area (Å²) in [4.78, 5) is 12.7. The molecule has 0 bridgehead atoms. The molecule has 0 N–H and O–H groups in total. The SMILES string of the molecule is COc1c(C)cc(C(=O)C2Cc3ccccc3O2)cc1C. The predicted molar refractivity (Wildman–Crippen MR) is 81.4 cm³/mol. The lowest BCUT2D eigenvalue weighted by molar-refractivity contribution is 0.0824. The van der Waals surface area contributed by atoms with E-state index in [1.165, 1.54) is 0 Å². The van der Waals surface area contributed by atoms with E-state index in [2.05, 4.69) is 0 Å². The largest absolute Gasteiger partial charge is 0.496 e. The number of benzene rings is 2. The van der Waals surface area contributed by atoms with E-state index < -0.39 is 6.10 Å². The van der Waals surface area contributed by atoms with Gasteiger partial charge in [0, 0.05) is 12.0 Å². The van der Waals surface area contributed by atoms with Gasteiger partial charge < -0.3 is 9.47 Å². The zero-order valence-electron chi connectivity index (χ0n) is 12.5. The van der Waals surface area contributed by atoms with Crippen LogP contribution in [0.3, 0.4) is 0 Å². The van der Waals surface area contributed by atoms with Crippen molar-refractivity contribution in [3.05, 3.63) is 58.7 Å². The number of carbonyl (C=O) groups excluding carboxylic acids is 1. The Bertz CT molecular complexity index is 655. The first-order valence-electron chi connectivity index (χ1n) is 7.04. The Morgan fingerprint density at radius 3 is 2.48 bits per heavy atom. The molecule has 2 aromatic carbocycles. The van der Waals surface area contributed by atoms with E-state index >= 15 is 0 Å². The van der Waals surface area contributed by atoms with Crippen molar-refractivity contribution in [2.45, 2.75) is 26.4 Å². The Labute approximate surface area is 124 Å². The summed E-state index contributed by atoms with van der Waals surface area (Å²) >= 11 is 0. The van der Waals surface area contributed by atoms with Gasteiger partial charge in [-0.15, -0.1) is 0 Å². The van der Waals surface area contributed by atoms with Crippen molar-refractivity contribution in [2.75, 3.05) is 7.11 Å². The quantitative estimate of drug-likeness (QED) is 0.808. The summed E-state index contributed by atoms with van der Waals surface area (Å²) in [6.07, 6.45) is 0.216. The first kappa shape index (κ1) is 13.7. The summed E-state index contributed by atoms with van der Waals surface area (Å²) < 4.78 is 11.1. The molecule has 0 spiro atoms. The molecule has 108 valence electrons. The first-order valence-corrected chi connectivity index (χ1v) is 7.04. The second-order valence-corrected chi connectivity index (χ2v) is 5.43. The molecule has 0 radical (unpaired) electrons. The molecule has 3 rings (SSSR count). The molecule has 1 aliphatic heterocycles. The molecule has 3 heteroatoms. The Hall–Kier alpha value is -2.29. The molecule has 1 aliphatic rings. The van der Waals surface area contributed by atoms with Crippen molar-refractivity contribution in [3.8, 4) is 11.5 Å². The van der Waals surface area contributed by atoms with Gasteiger partial charge in [-0.25, -0.2) is 0 Å². The number of Topliss-reactive ketones (excluding diaryl/α,β-unsaturated/α-hetero) is 1. The van der Waals surface area contributed by atoms with Crippen LogP contribution in [0, 0.1) is 13.8 Å². The average molecular weight is 282 g/mol. The number of para-hydroxylation sites is 1. The topological polar surface area (TPSA) is 35.5 Å². The molecule has 1 atom stereocenters. The molecular weight excluding hydrogens is 264 g/mol. The Balaban J connectivity index is 1.88. The highest BCUT2D eigenvalue weighted by atomic mass is 16.5. The maximum absolute atomic E-state index is 12.7. The van der Waals surface area contributed by atoms with Gasteiger partial charge in [0.05, 0.1) is 7.11 Å². The third kappa shape index (κ3) is 2.40. The molecule has 21 heavy (non-hydrogen) atoms. The lowest BCUT2D eigenvalue weighted by Gasteiger charge is -2.13. The van der Waals surface area contributed by atoms with Gasteiger partial charge in [-0.3, -0.25) is 4.79 Å². The molecule has 0 aliphatic carbocycles. The zero-order chi connectivity index (χ0) is 15.0. The zero-order valence-corrected chi connectivity index (χ0v) is 12.5. The molecule has 0 saturated carbocycles. The van der Waals surface area contributed by atoms with E-state index in [9.17, 15) is 4.79 Å². The van der Waals surface area contributed by atoms with Crippen LogP contribution in [0.15, 0.2) is 36.4 Å². The standard InChI is InChI=1S/C18H18O3/c1-11-8-14(9-12(2)18(11)20-3)17(19)16-10-13-6-4-5-7-15(13)21-16/h4-9,16H,10H2,1-3H3. The van der Waals surface area contributed by atoms with Crippen molar-refractivity contribution < 1.29 is 14.3 Å². The normalized spacial score (nSPS) is 16.2. The maximum atomic E-state index is 12.7. The second-order valence-electron chi connectivity index (χ2n) is 5.43. The highest BCUT2D eigenvalue weighted by molar-refractivity contribution is 6.00. The first-order chi connectivity index (χ1) is 10.1. The molecule has 0 amide bonds. The minimum Gasteiger partial charge on any atom is -0.496 e. The van der Waals surface area contributed by atoms with Gasteiger partial charge in [0.15, 0.2) is 6.10 Å². The van der Waals surface area contributed by atoms with Gasteiger partial charge in [0.2, 0.25) is 5.78 Å². The molecule has 0 fully saturated rings. The molecule has 0 aromatic heterocycles. The van der Waals surface area contributed by atoms with Crippen molar-refractivity contribution in [1.29, 1.82) is 0 Å². The third-order valence-corrected chi connectivity index (χ3v) is 3.89. The van der Waals surface area contributed by atoms with Crippen molar-refractivity contribution in [2.24, 2.45) is 0 Å². The molecule has 2 aromatic rings. The van der Waals surface area contributed by atoms with Crippen LogP contribution in [0.1, 0.15) is 27.0 Å². The summed E-state index contributed by atoms with van der Waals surface area (Å²) in [5, 5.41) is 0. The fourth-order valence-electron chi connectivity index (χ4n) is 2.93. The Kier molecular flexibility index (Phi) is 3.42. The van der Waals surface area contributed by atoms with Gasteiger partial charge in [0.25, 0.3) is 0 Å². The van der Waals surface area contributed by atoms with E-state index in [4.69, 9.17) is 9.47 Å². The molecule has 0 saturated heterocycles. The fraction of sp³-hybridized carbons (Fsp3) is 0.278. The van der Waals surface area contributed by atoms with Gasteiger partial charge in [-0.2, -0.15) is 0 Å². The number of ether oxygens (including phenoxy) is 2. The van der Waals surface area contributed by atoms with Crippen molar-refractivity contribution >= 4 is 5.78 Å². The Morgan fingerprint density at radius 2 is 1.86 bits per heavy atom. The van der Waals surface area contributed by atoms with E-state index in [0.717, 1.165) is 28.2 Å². The number of methoxy groups -OCH3 is 1. The van der Waals surface area contributed by atoms with Crippen LogP contribution in [-0.2, 0) is 6.42 Å². The van der Waals surface area contributed by atoms with E-state index in [-0.39, 0.29) is 5.78 Å². The van der Waals surface area contributed by atoms with E-state index in [0.29, 0.717) is 12.0 Å². The number of aryl methyl sites for hydroxylation is 2. The highest BCUT2D eigenvalue weighted by Crippen LogP contribution is 2.31. The number of carbonyl (C=O) groups is 1. The van der Waals surface area contributed by atoms with Crippen LogP contribution in [0.2, 0.25) is 0 Å². The minimum atomic E-state index is -0.422. The van der Waals surface area contributed by atoms with E-state index in [1.54, 1.807) is 7.11 Å². The molecule has 1 unspecified atom stereocenters. The molecule has 3 nitrogen and oxygen atoms in total. The van der Waals surface area contributed by atoms with Gasteiger partial charge in [0.1, 0.15) is 11.5 Å². The summed E-state index contributed by atoms with van der Waals surface area (Å²) in [7, 11) is 1.65. The number of rotatable bonds is 3. The van der Waals surface area contributed by atoms with Crippen LogP contribution < -0.4 is 9.47 Å². The van der Waals surface area contributed by atoms with Crippen LogP contribution in [-0.4, -0.2) is 19.0 Å². The molecular formula is C18H18O3. The third-order valence-electron chi connectivity index (χ3n) is 3.89. The maximum Gasteiger partial charge on any atom is 0.203 e. The smallest absolute Gasteiger partial charge is 0.203 e.